The van der Waals surface area contributed by atoms with Gasteiger partial charge in [0.25, 0.3) is 0 Å². The van der Waals surface area contributed by atoms with Crippen molar-refractivity contribution in [3.05, 3.63) is 0 Å². The van der Waals surface area contributed by atoms with Crippen molar-refractivity contribution in [2.24, 2.45) is 5.41 Å². The highest BCUT2D eigenvalue weighted by Gasteiger charge is 2.68. The second kappa shape index (κ2) is 4.04. The van der Waals surface area contributed by atoms with E-state index in [0.29, 0.717) is 26.1 Å². The Labute approximate surface area is 106 Å². The van der Waals surface area contributed by atoms with E-state index in [1.807, 2.05) is 11.8 Å². The van der Waals surface area contributed by atoms with Crippen molar-refractivity contribution in [1.82, 2.24) is 4.90 Å². The van der Waals surface area contributed by atoms with Crippen molar-refractivity contribution in [1.29, 1.82) is 0 Å². The van der Waals surface area contributed by atoms with Crippen LogP contribution in [0.3, 0.4) is 0 Å². The maximum absolute atomic E-state index is 12.3. The number of ether oxygens (including phenoxy) is 1. The molecular weight excluding hydrogens is 249 g/mol. The zero-order valence-corrected chi connectivity index (χ0v) is 11.1. The van der Waals surface area contributed by atoms with E-state index < -0.39 is 9.75 Å². The molecule has 0 radical (unpaired) electrons. The Morgan fingerprint density at radius 3 is 2.69 bits per heavy atom. The summed E-state index contributed by atoms with van der Waals surface area (Å²) in [5.74, 6) is 0.0688. The Morgan fingerprint density at radius 2 is 2.19 bits per heavy atom. The molecule has 0 aromatic rings. The minimum atomic E-state index is -0.871. The molecule has 2 fully saturated rings. The Balaban J connectivity index is 2.01. The van der Waals surface area contributed by atoms with Crippen LogP contribution in [0.25, 0.3) is 0 Å². The molecule has 0 N–H and O–H groups in total. The second-order valence-corrected chi connectivity index (χ2v) is 6.35. The van der Waals surface area contributed by atoms with Crippen molar-refractivity contribution >= 4 is 29.1 Å². The Morgan fingerprint density at radius 1 is 1.56 bits per heavy atom. The third kappa shape index (κ3) is 1.93. The molecule has 92 valence electrons. The maximum atomic E-state index is 12.3. The number of amides is 1. The van der Waals surface area contributed by atoms with Crippen molar-refractivity contribution in [2.75, 3.05) is 19.7 Å². The van der Waals surface area contributed by atoms with Gasteiger partial charge in [0.15, 0.2) is 0 Å². The first-order valence-electron chi connectivity index (χ1n) is 5.69. The number of nitrogens with zero attached hydrogens (tertiary/aromatic N) is 1. The fourth-order valence-corrected chi connectivity index (χ4v) is 2.83. The number of rotatable bonds is 2. The predicted octanol–water partition coefficient (Wildman–Crippen LogP) is 2.21. The van der Waals surface area contributed by atoms with Crippen LogP contribution in [0.15, 0.2) is 0 Å². The molecule has 3 nitrogen and oxygen atoms in total. The van der Waals surface area contributed by atoms with Crippen molar-refractivity contribution < 1.29 is 9.53 Å². The van der Waals surface area contributed by atoms with E-state index in [4.69, 9.17) is 27.9 Å². The highest BCUT2D eigenvalue weighted by molar-refractivity contribution is 6.53. The van der Waals surface area contributed by atoms with Crippen LogP contribution in [-0.2, 0) is 9.53 Å². The van der Waals surface area contributed by atoms with Crippen LogP contribution in [0, 0.1) is 5.41 Å². The van der Waals surface area contributed by atoms with Gasteiger partial charge in [-0.1, -0.05) is 6.92 Å². The van der Waals surface area contributed by atoms with Crippen LogP contribution in [0.2, 0.25) is 0 Å². The summed E-state index contributed by atoms with van der Waals surface area (Å²) >= 11 is 12.0. The van der Waals surface area contributed by atoms with Gasteiger partial charge in [0.2, 0.25) is 5.91 Å². The average Bonchev–Trinajstić information content (AvgIpc) is 2.78. The van der Waals surface area contributed by atoms with E-state index in [9.17, 15) is 4.79 Å². The molecule has 1 saturated carbocycles. The van der Waals surface area contributed by atoms with E-state index in [0.717, 1.165) is 6.42 Å². The van der Waals surface area contributed by atoms with Gasteiger partial charge in [0.1, 0.15) is 4.33 Å². The third-order valence-corrected chi connectivity index (χ3v) is 4.71. The molecule has 2 aliphatic rings. The van der Waals surface area contributed by atoms with Crippen LogP contribution in [0.5, 0.6) is 0 Å². The maximum Gasteiger partial charge on any atom is 0.231 e. The molecule has 16 heavy (non-hydrogen) atoms. The Kier molecular flexibility index (Phi) is 3.15. The standard InChI is InChI=1S/C11H17Cl2NO2/c1-3-8-6-14(4-5-16-8)9(15)10(2)7-11(10,12)13/h8H,3-7H2,1-2H3/t8-,10+/m0/s1. The van der Waals surface area contributed by atoms with Crippen LogP contribution < -0.4 is 0 Å². The van der Waals surface area contributed by atoms with Gasteiger partial charge in [-0.3, -0.25) is 4.79 Å². The number of alkyl halides is 2. The third-order valence-electron chi connectivity index (χ3n) is 3.61. The minimum Gasteiger partial charge on any atom is -0.375 e. The van der Waals surface area contributed by atoms with Crippen LogP contribution >= 0.6 is 23.2 Å². The summed E-state index contributed by atoms with van der Waals surface area (Å²) in [6.45, 7) is 5.82. The van der Waals surface area contributed by atoms with Gasteiger partial charge in [-0.25, -0.2) is 0 Å². The lowest BCUT2D eigenvalue weighted by Crippen LogP contribution is -2.48. The molecule has 1 heterocycles. The molecule has 0 spiro atoms. The fraction of sp³-hybridized carbons (Fsp3) is 0.909. The zero-order valence-electron chi connectivity index (χ0n) is 9.63. The summed E-state index contributed by atoms with van der Waals surface area (Å²) in [5.41, 5.74) is -0.592. The van der Waals surface area contributed by atoms with Gasteiger partial charge in [-0.2, -0.15) is 0 Å². The number of carbonyl (C=O) groups excluding carboxylic acids is 1. The SMILES string of the molecule is CC[C@H]1CN(C(=O)[C@@]2(C)CC2(Cl)Cl)CCO1. The fourth-order valence-electron chi connectivity index (χ4n) is 2.13. The molecule has 0 aromatic carbocycles. The first kappa shape index (κ1) is 12.5. The van der Waals surface area contributed by atoms with Crippen molar-refractivity contribution in [3.8, 4) is 0 Å². The molecule has 1 aliphatic carbocycles. The number of carbonyl (C=O) groups is 1. The number of hydrogen-bond donors (Lipinski definition) is 0. The molecule has 1 saturated heterocycles. The first-order chi connectivity index (χ1) is 7.40. The van der Waals surface area contributed by atoms with Gasteiger partial charge >= 0.3 is 0 Å². The lowest BCUT2D eigenvalue weighted by Gasteiger charge is -2.34. The average molecular weight is 266 g/mol. The van der Waals surface area contributed by atoms with Gasteiger partial charge in [0.05, 0.1) is 18.1 Å². The van der Waals surface area contributed by atoms with Gasteiger partial charge < -0.3 is 9.64 Å². The molecule has 2 rings (SSSR count). The van der Waals surface area contributed by atoms with Crippen LogP contribution in [0.1, 0.15) is 26.7 Å². The van der Waals surface area contributed by atoms with E-state index in [-0.39, 0.29) is 12.0 Å². The predicted molar refractivity (Wildman–Crippen MR) is 63.8 cm³/mol. The van der Waals surface area contributed by atoms with Gasteiger partial charge in [0, 0.05) is 13.1 Å². The molecule has 2 atom stereocenters. The highest BCUT2D eigenvalue weighted by atomic mass is 35.5. The summed E-state index contributed by atoms with van der Waals surface area (Å²) < 4.78 is 4.66. The van der Waals surface area contributed by atoms with Crippen LogP contribution in [-0.4, -0.2) is 40.9 Å². The van der Waals surface area contributed by atoms with Crippen molar-refractivity contribution in [3.63, 3.8) is 0 Å². The molecular formula is C11H17Cl2NO2. The number of morpholine rings is 1. The molecule has 1 amide bonds. The monoisotopic (exact) mass is 265 g/mol. The smallest absolute Gasteiger partial charge is 0.231 e. The van der Waals surface area contributed by atoms with Crippen LogP contribution in [0.4, 0.5) is 0 Å². The summed E-state index contributed by atoms with van der Waals surface area (Å²) in [7, 11) is 0. The summed E-state index contributed by atoms with van der Waals surface area (Å²) in [4.78, 5) is 14.1. The largest absolute Gasteiger partial charge is 0.375 e. The summed E-state index contributed by atoms with van der Waals surface area (Å²) in [5, 5.41) is 0. The topological polar surface area (TPSA) is 29.5 Å². The van der Waals surface area contributed by atoms with Crippen molar-refractivity contribution in [2.45, 2.75) is 37.1 Å². The lowest BCUT2D eigenvalue weighted by molar-refractivity contribution is -0.144. The number of halogens is 2. The molecule has 0 bridgehead atoms. The van der Waals surface area contributed by atoms with E-state index in [2.05, 4.69) is 6.92 Å². The zero-order chi connectivity index (χ0) is 12.0. The molecule has 0 unspecified atom stereocenters. The minimum absolute atomic E-state index is 0.0688. The van der Waals surface area contributed by atoms with Gasteiger partial charge in [-0.15, -0.1) is 23.2 Å². The second-order valence-electron chi connectivity index (χ2n) is 4.87. The number of hydrogen-bond acceptors (Lipinski definition) is 2. The lowest BCUT2D eigenvalue weighted by atomic mass is 10.1. The summed E-state index contributed by atoms with van der Waals surface area (Å²) in [6, 6.07) is 0. The summed E-state index contributed by atoms with van der Waals surface area (Å²) in [6.07, 6.45) is 1.63. The quantitative estimate of drug-likeness (QED) is 0.717. The van der Waals surface area contributed by atoms with E-state index in [1.165, 1.54) is 0 Å². The molecule has 1 aliphatic heterocycles. The molecule has 0 aromatic heterocycles. The van der Waals surface area contributed by atoms with E-state index >= 15 is 0 Å². The first-order valence-corrected chi connectivity index (χ1v) is 6.45. The Hall–Kier alpha value is 0.01000. The highest BCUT2D eigenvalue weighted by Crippen LogP contribution is 2.64. The van der Waals surface area contributed by atoms with Gasteiger partial charge in [-0.05, 0) is 19.8 Å². The molecule has 5 heteroatoms. The van der Waals surface area contributed by atoms with E-state index in [1.54, 1.807) is 0 Å². The normalized spacial score (nSPS) is 37.2. The Bertz CT molecular complexity index is 308.